The third-order valence-corrected chi connectivity index (χ3v) is 4.21. The van der Waals surface area contributed by atoms with Crippen LogP contribution in [0.1, 0.15) is 51.9 Å². The molecule has 0 heterocycles. The Balaban J connectivity index is 2.31. The molecule has 2 aliphatic carbocycles. The van der Waals surface area contributed by atoms with E-state index in [2.05, 4.69) is 0 Å². The first kappa shape index (κ1) is 14.3. The Bertz CT molecular complexity index is 393. The molecule has 0 spiro atoms. The number of allylic oxidation sites excluding steroid dienone is 1. The number of hydrogen-bond acceptors (Lipinski definition) is 4. The minimum absolute atomic E-state index is 0.110. The second kappa shape index (κ2) is 5.87. The van der Waals surface area contributed by atoms with Crippen molar-refractivity contribution < 1.29 is 19.4 Å². The molecule has 0 radical (unpaired) electrons. The Kier molecular flexibility index (Phi) is 4.40. The van der Waals surface area contributed by atoms with Gasteiger partial charge in [0.15, 0.2) is 11.4 Å². The Morgan fingerprint density at radius 2 is 2.11 bits per heavy atom. The van der Waals surface area contributed by atoms with E-state index in [1.807, 2.05) is 0 Å². The predicted octanol–water partition coefficient (Wildman–Crippen LogP) is 2.15. The van der Waals surface area contributed by atoms with Crippen molar-refractivity contribution >= 4 is 11.8 Å². The van der Waals surface area contributed by atoms with E-state index in [-0.39, 0.29) is 23.9 Å². The second-order valence-corrected chi connectivity index (χ2v) is 5.40. The Morgan fingerprint density at radius 3 is 2.63 bits per heavy atom. The van der Waals surface area contributed by atoms with Crippen LogP contribution in [0, 0.1) is 5.92 Å². The lowest BCUT2D eigenvalue weighted by molar-refractivity contribution is -0.168. The van der Waals surface area contributed by atoms with Gasteiger partial charge < -0.3 is 9.84 Å². The Hall–Kier alpha value is -1.16. The van der Waals surface area contributed by atoms with Crippen LogP contribution in [0.2, 0.25) is 0 Å². The largest absolute Gasteiger partial charge is 0.464 e. The van der Waals surface area contributed by atoms with Gasteiger partial charge in [-0.2, -0.15) is 0 Å². The van der Waals surface area contributed by atoms with Gasteiger partial charge in [0.2, 0.25) is 0 Å². The lowest BCUT2D eigenvalue weighted by Crippen LogP contribution is -2.50. The molecule has 0 aromatic rings. The maximum atomic E-state index is 12.2. The summed E-state index contributed by atoms with van der Waals surface area (Å²) in [5.41, 5.74) is -1.44. The number of esters is 1. The molecular weight excluding hydrogens is 244 g/mol. The van der Waals surface area contributed by atoms with E-state index in [1.54, 1.807) is 13.0 Å². The molecular formula is C15H22O4. The van der Waals surface area contributed by atoms with Crippen LogP contribution in [0.15, 0.2) is 11.6 Å². The summed E-state index contributed by atoms with van der Waals surface area (Å²) < 4.78 is 5.04. The van der Waals surface area contributed by atoms with Crippen LogP contribution in [-0.2, 0) is 14.3 Å². The molecule has 1 atom stereocenters. The van der Waals surface area contributed by atoms with Crippen molar-refractivity contribution in [2.75, 3.05) is 6.61 Å². The lowest BCUT2D eigenvalue weighted by Gasteiger charge is -2.36. The van der Waals surface area contributed by atoms with Crippen molar-refractivity contribution in [2.45, 2.75) is 57.5 Å². The highest BCUT2D eigenvalue weighted by Crippen LogP contribution is 2.40. The fourth-order valence-electron chi connectivity index (χ4n) is 3.22. The first-order valence-corrected chi connectivity index (χ1v) is 7.24. The number of ether oxygens (including phenoxy) is 1. The Morgan fingerprint density at radius 1 is 1.42 bits per heavy atom. The fourth-order valence-corrected chi connectivity index (χ4v) is 3.22. The SMILES string of the molecule is CCOC(=O)C(O)(C1=CCCC1=O)C1CCCCC1. The summed E-state index contributed by atoms with van der Waals surface area (Å²) in [6.07, 6.45) is 7.39. The smallest absolute Gasteiger partial charge is 0.343 e. The molecule has 1 saturated carbocycles. The van der Waals surface area contributed by atoms with E-state index in [4.69, 9.17) is 4.74 Å². The van der Waals surface area contributed by atoms with Gasteiger partial charge in [0, 0.05) is 17.9 Å². The first-order valence-electron chi connectivity index (χ1n) is 7.24. The van der Waals surface area contributed by atoms with E-state index < -0.39 is 11.6 Å². The number of rotatable bonds is 4. The zero-order valence-electron chi connectivity index (χ0n) is 11.5. The van der Waals surface area contributed by atoms with Crippen molar-refractivity contribution in [3.63, 3.8) is 0 Å². The van der Waals surface area contributed by atoms with Crippen LogP contribution in [0.25, 0.3) is 0 Å². The van der Waals surface area contributed by atoms with Crippen molar-refractivity contribution in [2.24, 2.45) is 5.92 Å². The summed E-state index contributed by atoms with van der Waals surface area (Å²) in [5.74, 6) is -0.946. The third-order valence-electron chi connectivity index (χ3n) is 4.21. The monoisotopic (exact) mass is 266 g/mol. The standard InChI is InChI=1S/C15H22O4/c1-2-19-14(17)15(18,11-7-4-3-5-8-11)12-9-6-10-13(12)16/h9,11,18H,2-8,10H2,1H3. The molecule has 0 aliphatic heterocycles. The second-order valence-electron chi connectivity index (χ2n) is 5.40. The molecule has 0 saturated heterocycles. The van der Waals surface area contributed by atoms with Crippen molar-refractivity contribution in [1.82, 2.24) is 0 Å². The molecule has 0 amide bonds. The molecule has 4 heteroatoms. The van der Waals surface area contributed by atoms with Crippen LogP contribution in [0.5, 0.6) is 0 Å². The number of aliphatic hydroxyl groups is 1. The summed E-state index contributed by atoms with van der Waals surface area (Å²) in [5, 5.41) is 10.9. The van der Waals surface area contributed by atoms with Crippen LogP contribution in [-0.4, -0.2) is 29.1 Å². The summed E-state index contributed by atoms with van der Waals surface area (Å²) in [6.45, 7) is 1.93. The quantitative estimate of drug-likeness (QED) is 0.792. The molecule has 0 bridgehead atoms. The van der Waals surface area contributed by atoms with Gasteiger partial charge in [-0.05, 0) is 26.2 Å². The molecule has 19 heavy (non-hydrogen) atoms. The minimum Gasteiger partial charge on any atom is -0.464 e. The highest BCUT2D eigenvalue weighted by Gasteiger charge is 2.51. The molecule has 1 fully saturated rings. The average molecular weight is 266 g/mol. The lowest BCUT2D eigenvalue weighted by atomic mass is 9.72. The summed E-state index contributed by atoms with van der Waals surface area (Å²) >= 11 is 0. The summed E-state index contributed by atoms with van der Waals surface area (Å²) in [6, 6.07) is 0. The first-order chi connectivity index (χ1) is 9.10. The molecule has 0 aromatic heterocycles. The molecule has 2 rings (SSSR count). The van der Waals surface area contributed by atoms with Gasteiger partial charge >= 0.3 is 5.97 Å². The number of ketones is 1. The van der Waals surface area contributed by atoms with Gasteiger partial charge in [0.1, 0.15) is 0 Å². The van der Waals surface area contributed by atoms with Gasteiger partial charge in [0.05, 0.1) is 6.61 Å². The zero-order valence-corrected chi connectivity index (χ0v) is 11.5. The van der Waals surface area contributed by atoms with Gasteiger partial charge in [-0.25, -0.2) is 4.79 Å². The fraction of sp³-hybridized carbons (Fsp3) is 0.733. The number of carbonyl (C=O) groups excluding carboxylic acids is 2. The number of hydrogen-bond donors (Lipinski definition) is 1. The van der Waals surface area contributed by atoms with E-state index in [9.17, 15) is 14.7 Å². The van der Waals surface area contributed by atoms with Crippen LogP contribution < -0.4 is 0 Å². The van der Waals surface area contributed by atoms with E-state index in [1.165, 1.54) is 0 Å². The number of carbonyl (C=O) groups is 2. The summed E-state index contributed by atoms with van der Waals surface area (Å²) in [7, 11) is 0. The van der Waals surface area contributed by atoms with Gasteiger partial charge in [-0.1, -0.05) is 25.3 Å². The highest BCUT2D eigenvalue weighted by molar-refractivity contribution is 6.05. The zero-order chi connectivity index (χ0) is 13.9. The maximum absolute atomic E-state index is 12.2. The Labute approximate surface area is 113 Å². The molecule has 1 unspecified atom stereocenters. The molecule has 0 aromatic carbocycles. The summed E-state index contributed by atoms with van der Waals surface area (Å²) in [4.78, 5) is 24.2. The van der Waals surface area contributed by atoms with Crippen molar-refractivity contribution in [3.05, 3.63) is 11.6 Å². The van der Waals surface area contributed by atoms with E-state index in [0.717, 1.165) is 32.1 Å². The predicted molar refractivity (Wildman–Crippen MR) is 70.5 cm³/mol. The topological polar surface area (TPSA) is 63.6 Å². The molecule has 2 aliphatic rings. The van der Waals surface area contributed by atoms with Crippen LogP contribution in [0.3, 0.4) is 0 Å². The van der Waals surface area contributed by atoms with Gasteiger partial charge in [-0.3, -0.25) is 4.79 Å². The maximum Gasteiger partial charge on any atom is 0.343 e. The molecule has 4 nitrogen and oxygen atoms in total. The van der Waals surface area contributed by atoms with Crippen molar-refractivity contribution in [3.8, 4) is 0 Å². The van der Waals surface area contributed by atoms with E-state index >= 15 is 0 Å². The number of Topliss-reactive ketones (excluding diaryl/α,β-unsaturated/α-hetero) is 1. The highest BCUT2D eigenvalue weighted by atomic mass is 16.5. The average Bonchev–Trinajstić information content (AvgIpc) is 2.86. The third kappa shape index (κ3) is 2.59. The van der Waals surface area contributed by atoms with Crippen LogP contribution in [0.4, 0.5) is 0 Å². The van der Waals surface area contributed by atoms with Crippen LogP contribution >= 0.6 is 0 Å². The van der Waals surface area contributed by atoms with Crippen molar-refractivity contribution in [1.29, 1.82) is 0 Å². The molecule has 1 N–H and O–H groups in total. The molecule has 106 valence electrons. The minimum atomic E-state index is -1.72. The van der Waals surface area contributed by atoms with Gasteiger partial charge in [-0.15, -0.1) is 0 Å². The van der Waals surface area contributed by atoms with Gasteiger partial charge in [0.25, 0.3) is 0 Å². The normalized spacial score (nSPS) is 23.9. The van der Waals surface area contributed by atoms with E-state index in [0.29, 0.717) is 12.8 Å².